The molecule has 0 radical (unpaired) electrons. The van der Waals surface area contributed by atoms with Crippen molar-refractivity contribution in [2.75, 3.05) is 0 Å². The average Bonchev–Trinajstić information content (AvgIpc) is 3.77. The lowest BCUT2D eigenvalue weighted by Gasteiger charge is -2.22. The van der Waals surface area contributed by atoms with Crippen LogP contribution in [0.4, 0.5) is 0 Å². The summed E-state index contributed by atoms with van der Waals surface area (Å²) in [6.45, 7) is 4.67. The van der Waals surface area contributed by atoms with Crippen molar-refractivity contribution in [3.05, 3.63) is 205 Å². The van der Waals surface area contributed by atoms with Crippen molar-refractivity contribution < 1.29 is 0 Å². The number of thiophene rings is 1. The molecule has 58 heavy (non-hydrogen) atoms. The van der Waals surface area contributed by atoms with E-state index in [1.165, 1.54) is 64.7 Å². The summed E-state index contributed by atoms with van der Waals surface area (Å²) >= 11 is 1.85. The molecule has 0 saturated carbocycles. The summed E-state index contributed by atoms with van der Waals surface area (Å²) in [5.74, 6) is 0.705. The van der Waals surface area contributed by atoms with E-state index >= 15 is 0 Å². The van der Waals surface area contributed by atoms with Crippen LogP contribution in [0.15, 0.2) is 194 Å². The third-order valence-electron chi connectivity index (χ3n) is 11.9. The van der Waals surface area contributed by atoms with Crippen LogP contribution in [0.3, 0.4) is 0 Å². The van der Waals surface area contributed by atoms with E-state index in [0.717, 1.165) is 39.2 Å². The highest BCUT2D eigenvalue weighted by Crippen LogP contribution is 2.49. The van der Waals surface area contributed by atoms with Crippen LogP contribution in [0, 0.1) is 0 Å². The Morgan fingerprint density at radius 3 is 1.67 bits per heavy atom. The lowest BCUT2D eigenvalue weighted by molar-refractivity contribution is 0.660. The molecule has 0 saturated heterocycles. The molecule has 2 aromatic heterocycles. The summed E-state index contributed by atoms with van der Waals surface area (Å²) in [7, 11) is 0. The second kappa shape index (κ2) is 13.6. The van der Waals surface area contributed by atoms with Gasteiger partial charge in [0.15, 0.2) is 5.82 Å². The quantitative estimate of drug-likeness (QED) is 0.169. The molecule has 3 heteroatoms. The molecule has 0 bridgehead atoms. The van der Waals surface area contributed by atoms with Gasteiger partial charge in [-0.2, -0.15) is 0 Å². The molecule has 0 amide bonds. The van der Waals surface area contributed by atoms with Crippen LogP contribution in [0.5, 0.6) is 0 Å². The lowest BCUT2D eigenvalue weighted by atomic mass is 9.81. The number of rotatable bonds is 6. The molecule has 2 heterocycles. The number of hydrogen-bond acceptors (Lipinski definition) is 3. The van der Waals surface area contributed by atoms with E-state index in [1.54, 1.807) is 0 Å². The van der Waals surface area contributed by atoms with E-state index in [1.807, 2.05) is 17.4 Å². The van der Waals surface area contributed by atoms with Crippen molar-refractivity contribution in [1.82, 2.24) is 9.97 Å². The summed E-state index contributed by atoms with van der Waals surface area (Å²) in [4.78, 5) is 10.5. The standard InChI is InChI=1S/C55H38N2S/c1-55(2)48-19-11-9-17-44(48)45-27-25-39(32-49(45)55)36-21-23-37(24-22-36)50-34-51(57-54(56-50)38-15-7-4-8-16-38)43-30-41(35-13-5-3-6-14-35)29-42(31-43)40-26-28-47-46-18-10-12-20-52(46)58-53(47)33-40/h3-34H,1-2H3. The highest BCUT2D eigenvalue weighted by Gasteiger charge is 2.35. The Kier molecular flexibility index (Phi) is 8.06. The Morgan fingerprint density at radius 1 is 0.345 bits per heavy atom. The van der Waals surface area contributed by atoms with E-state index in [0.29, 0.717) is 5.82 Å². The van der Waals surface area contributed by atoms with E-state index in [4.69, 9.17) is 9.97 Å². The number of fused-ring (bicyclic) bond motifs is 6. The first-order valence-electron chi connectivity index (χ1n) is 19.9. The minimum atomic E-state index is -0.0455. The van der Waals surface area contributed by atoms with Gasteiger partial charge in [0.2, 0.25) is 0 Å². The molecule has 8 aromatic carbocycles. The minimum absolute atomic E-state index is 0.0455. The molecule has 0 N–H and O–H groups in total. The zero-order chi connectivity index (χ0) is 38.8. The summed E-state index contributed by atoms with van der Waals surface area (Å²) < 4.78 is 2.60. The largest absolute Gasteiger partial charge is 0.228 e. The third-order valence-corrected chi connectivity index (χ3v) is 13.0. The zero-order valence-electron chi connectivity index (χ0n) is 32.3. The van der Waals surface area contributed by atoms with Crippen molar-refractivity contribution in [2.24, 2.45) is 0 Å². The first-order valence-corrected chi connectivity index (χ1v) is 20.7. The van der Waals surface area contributed by atoms with E-state index < -0.39 is 0 Å². The maximum absolute atomic E-state index is 5.27. The first kappa shape index (κ1) is 34.3. The molecular formula is C55H38N2S. The fraction of sp³-hybridized carbons (Fsp3) is 0.0545. The van der Waals surface area contributed by atoms with Gasteiger partial charge < -0.3 is 0 Å². The van der Waals surface area contributed by atoms with E-state index in [9.17, 15) is 0 Å². The molecular weight excluding hydrogens is 721 g/mol. The van der Waals surface area contributed by atoms with Crippen LogP contribution in [0.2, 0.25) is 0 Å². The molecule has 1 aliphatic carbocycles. The maximum atomic E-state index is 5.27. The topological polar surface area (TPSA) is 25.8 Å². The highest BCUT2D eigenvalue weighted by molar-refractivity contribution is 7.25. The lowest BCUT2D eigenvalue weighted by Crippen LogP contribution is -2.14. The molecule has 0 aliphatic heterocycles. The minimum Gasteiger partial charge on any atom is -0.228 e. The molecule has 0 fully saturated rings. The number of aromatic nitrogens is 2. The van der Waals surface area contributed by atoms with Gasteiger partial charge in [-0.25, -0.2) is 9.97 Å². The normalized spacial score (nSPS) is 12.8. The van der Waals surface area contributed by atoms with Gasteiger partial charge >= 0.3 is 0 Å². The Bertz CT molecular complexity index is 3180. The Balaban J connectivity index is 1.02. The molecule has 10 aromatic rings. The monoisotopic (exact) mass is 758 g/mol. The van der Waals surface area contributed by atoms with Crippen molar-refractivity contribution >= 4 is 31.5 Å². The second-order valence-electron chi connectivity index (χ2n) is 15.8. The molecule has 0 spiro atoms. The van der Waals surface area contributed by atoms with E-state index in [-0.39, 0.29) is 5.41 Å². The summed E-state index contributed by atoms with van der Waals surface area (Å²) in [5, 5.41) is 2.61. The van der Waals surface area contributed by atoms with Crippen molar-refractivity contribution in [3.8, 4) is 78.4 Å². The van der Waals surface area contributed by atoms with Gasteiger partial charge in [0.1, 0.15) is 0 Å². The number of hydrogen-bond donors (Lipinski definition) is 0. The van der Waals surface area contributed by atoms with Gasteiger partial charge in [-0.15, -0.1) is 11.3 Å². The van der Waals surface area contributed by atoms with Gasteiger partial charge in [-0.3, -0.25) is 0 Å². The van der Waals surface area contributed by atoms with Crippen molar-refractivity contribution in [3.63, 3.8) is 0 Å². The molecule has 2 nitrogen and oxygen atoms in total. The Morgan fingerprint density at radius 2 is 0.879 bits per heavy atom. The predicted molar refractivity (Wildman–Crippen MR) is 245 cm³/mol. The number of benzene rings is 8. The second-order valence-corrected chi connectivity index (χ2v) is 16.9. The smallest absolute Gasteiger partial charge is 0.160 e. The van der Waals surface area contributed by atoms with Crippen LogP contribution in [0.25, 0.3) is 98.6 Å². The fourth-order valence-electron chi connectivity index (χ4n) is 8.82. The first-order chi connectivity index (χ1) is 28.5. The molecule has 1 aliphatic rings. The van der Waals surface area contributed by atoms with Crippen LogP contribution >= 0.6 is 11.3 Å². The zero-order valence-corrected chi connectivity index (χ0v) is 33.1. The number of nitrogens with zero attached hydrogens (tertiary/aromatic N) is 2. The summed E-state index contributed by atoms with van der Waals surface area (Å²) in [5.41, 5.74) is 17.3. The molecule has 0 atom stereocenters. The van der Waals surface area contributed by atoms with Crippen LogP contribution in [-0.2, 0) is 5.41 Å². The third kappa shape index (κ3) is 5.86. The predicted octanol–water partition coefficient (Wildman–Crippen LogP) is 15.2. The van der Waals surface area contributed by atoms with Crippen molar-refractivity contribution in [2.45, 2.75) is 19.3 Å². The molecule has 11 rings (SSSR count). The fourth-order valence-corrected chi connectivity index (χ4v) is 9.97. The molecule has 0 unspecified atom stereocenters. The van der Waals surface area contributed by atoms with Crippen LogP contribution in [-0.4, -0.2) is 9.97 Å². The highest BCUT2D eigenvalue weighted by atomic mass is 32.1. The summed E-state index contributed by atoms with van der Waals surface area (Å²) in [6.07, 6.45) is 0. The summed E-state index contributed by atoms with van der Waals surface area (Å²) in [6, 6.07) is 70.2. The Labute approximate surface area is 342 Å². The average molecular weight is 759 g/mol. The van der Waals surface area contributed by atoms with Crippen molar-refractivity contribution in [1.29, 1.82) is 0 Å². The maximum Gasteiger partial charge on any atom is 0.160 e. The van der Waals surface area contributed by atoms with Crippen LogP contribution < -0.4 is 0 Å². The van der Waals surface area contributed by atoms with Gasteiger partial charge in [-0.1, -0.05) is 166 Å². The van der Waals surface area contributed by atoms with E-state index in [2.05, 4.69) is 202 Å². The van der Waals surface area contributed by atoms with Gasteiger partial charge in [0.25, 0.3) is 0 Å². The van der Waals surface area contributed by atoms with Gasteiger partial charge in [0, 0.05) is 42.3 Å². The Hall–Kier alpha value is -6.94. The molecule has 274 valence electrons. The van der Waals surface area contributed by atoms with Gasteiger partial charge in [0.05, 0.1) is 11.4 Å². The van der Waals surface area contributed by atoms with Crippen LogP contribution in [0.1, 0.15) is 25.0 Å². The SMILES string of the molecule is CC1(C)c2ccccc2-c2ccc(-c3ccc(-c4cc(-c5cc(-c6ccccc6)cc(-c6ccc7c(c6)sc6ccccc67)c5)nc(-c5ccccc5)n4)cc3)cc21. The van der Waals surface area contributed by atoms with Gasteiger partial charge in [-0.05, 0) is 98.1 Å².